The maximum absolute atomic E-state index is 6.06. The van der Waals surface area contributed by atoms with Gasteiger partial charge < -0.3 is 4.74 Å². The minimum absolute atomic E-state index is 0.211. The van der Waals surface area contributed by atoms with Gasteiger partial charge in [-0.2, -0.15) is 0 Å². The van der Waals surface area contributed by atoms with Gasteiger partial charge >= 0.3 is 0 Å². The van der Waals surface area contributed by atoms with Crippen molar-refractivity contribution in [3.05, 3.63) is 34.8 Å². The van der Waals surface area contributed by atoms with Crippen molar-refractivity contribution < 1.29 is 4.74 Å². The summed E-state index contributed by atoms with van der Waals surface area (Å²) in [6, 6.07) is 7.70. The van der Waals surface area contributed by atoms with E-state index in [1.807, 2.05) is 35.0 Å². The van der Waals surface area contributed by atoms with E-state index in [4.69, 9.17) is 16.3 Å². The van der Waals surface area contributed by atoms with Crippen molar-refractivity contribution in [2.24, 2.45) is 0 Å². The first-order valence-corrected chi connectivity index (χ1v) is 8.92. The highest BCUT2D eigenvalue weighted by Crippen LogP contribution is 2.31. The first kappa shape index (κ1) is 14.9. The molecule has 5 nitrogen and oxygen atoms in total. The van der Waals surface area contributed by atoms with Crippen molar-refractivity contribution >= 4 is 28.6 Å². The fourth-order valence-corrected chi connectivity index (χ4v) is 3.93. The van der Waals surface area contributed by atoms with Crippen LogP contribution in [-0.2, 0) is 0 Å². The molecule has 0 amide bonds. The van der Waals surface area contributed by atoms with Gasteiger partial charge in [-0.3, -0.25) is 4.90 Å². The molecule has 1 aliphatic heterocycles. The van der Waals surface area contributed by atoms with Crippen molar-refractivity contribution in [1.29, 1.82) is 0 Å². The summed E-state index contributed by atoms with van der Waals surface area (Å²) >= 11 is 7.56. The van der Waals surface area contributed by atoms with Crippen LogP contribution in [0.1, 0.15) is 13.3 Å². The zero-order valence-electron chi connectivity index (χ0n) is 12.8. The summed E-state index contributed by atoms with van der Waals surface area (Å²) in [5, 5.41) is 4.61. The van der Waals surface area contributed by atoms with Crippen LogP contribution in [0.15, 0.2) is 30.5 Å². The van der Waals surface area contributed by atoms with Crippen molar-refractivity contribution in [3.63, 3.8) is 0 Å². The van der Waals surface area contributed by atoms with Crippen LogP contribution in [-0.4, -0.2) is 45.2 Å². The molecule has 0 spiro atoms. The fourth-order valence-electron chi connectivity index (χ4n) is 2.89. The molecule has 3 aromatic heterocycles. The summed E-state index contributed by atoms with van der Waals surface area (Å²) in [5.74, 6) is 0.641. The predicted molar refractivity (Wildman–Crippen MR) is 92.5 cm³/mol. The molecule has 23 heavy (non-hydrogen) atoms. The third-order valence-corrected chi connectivity index (χ3v) is 5.38. The van der Waals surface area contributed by atoms with E-state index >= 15 is 0 Å². The van der Waals surface area contributed by atoms with E-state index in [1.54, 1.807) is 0 Å². The number of ether oxygens (including phenoxy) is 1. The molecule has 0 aliphatic carbocycles. The lowest BCUT2D eigenvalue weighted by molar-refractivity contribution is 0.192. The number of fused-ring (bicyclic) bond motifs is 1. The number of hydrogen-bond donors (Lipinski definition) is 0. The molecule has 3 aromatic rings. The molecule has 1 unspecified atom stereocenters. The van der Waals surface area contributed by atoms with Gasteiger partial charge in [-0.15, -0.1) is 16.4 Å². The number of rotatable bonds is 4. The largest absolute Gasteiger partial charge is 0.472 e. The van der Waals surface area contributed by atoms with Gasteiger partial charge in [0.1, 0.15) is 11.8 Å². The molecule has 1 aliphatic rings. The summed E-state index contributed by atoms with van der Waals surface area (Å²) < 4.78 is 8.64. The number of nitrogens with zero attached hydrogens (tertiary/aromatic N) is 4. The van der Waals surface area contributed by atoms with E-state index < -0.39 is 0 Å². The number of thiophene rings is 1. The zero-order chi connectivity index (χ0) is 15.8. The lowest BCUT2D eigenvalue weighted by Crippen LogP contribution is -2.24. The molecule has 120 valence electrons. The van der Waals surface area contributed by atoms with Gasteiger partial charge in [-0.25, -0.2) is 9.50 Å². The van der Waals surface area contributed by atoms with E-state index in [0.717, 1.165) is 46.6 Å². The van der Waals surface area contributed by atoms with Crippen molar-refractivity contribution in [3.8, 4) is 16.5 Å². The molecule has 4 heterocycles. The van der Waals surface area contributed by atoms with Gasteiger partial charge in [-0.1, -0.05) is 18.5 Å². The highest BCUT2D eigenvalue weighted by molar-refractivity contribution is 7.19. The van der Waals surface area contributed by atoms with Crippen LogP contribution in [0.2, 0.25) is 4.34 Å². The van der Waals surface area contributed by atoms with Crippen LogP contribution < -0.4 is 4.74 Å². The van der Waals surface area contributed by atoms with Crippen LogP contribution in [0, 0.1) is 0 Å². The molecule has 4 rings (SSSR count). The Kier molecular flexibility index (Phi) is 3.97. The fraction of sp³-hybridized carbons (Fsp3) is 0.375. The summed E-state index contributed by atoms with van der Waals surface area (Å²) in [6.07, 6.45) is 3.08. The van der Waals surface area contributed by atoms with E-state index in [9.17, 15) is 0 Å². The highest BCUT2D eigenvalue weighted by atomic mass is 35.5. The Labute approximate surface area is 143 Å². The molecular weight excluding hydrogens is 332 g/mol. The lowest BCUT2D eigenvalue weighted by Gasteiger charge is -2.14. The second kappa shape index (κ2) is 6.11. The average Bonchev–Trinajstić information content (AvgIpc) is 3.26. The van der Waals surface area contributed by atoms with Crippen LogP contribution in [0.4, 0.5) is 0 Å². The molecular formula is C16H17ClN4OS. The summed E-state index contributed by atoms with van der Waals surface area (Å²) in [5.41, 5.74) is 1.74. The first-order chi connectivity index (χ1) is 11.2. The SMILES string of the molecule is CCN1CCC(Oc2ccc3ncc(-c4ccc(Cl)s4)n3n2)C1. The number of likely N-dealkylation sites (N-methyl/N-ethyl adjacent to an activating group) is 1. The van der Waals surface area contributed by atoms with Gasteiger partial charge in [-0.05, 0) is 31.2 Å². The maximum atomic E-state index is 6.06. The normalized spacial score (nSPS) is 18.8. The van der Waals surface area contributed by atoms with Gasteiger partial charge in [0, 0.05) is 19.2 Å². The van der Waals surface area contributed by atoms with Crippen LogP contribution in [0.5, 0.6) is 5.88 Å². The molecule has 1 atom stereocenters. The molecule has 0 bridgehead atoms. The second-order valence-electron chi connectivity index (χ2n) is 5.61. The minimum Gasteiger partial charge on any atom is -0.472 e. The average molecular weight is 349 g/mol. The number of imidazole rings is 1. The lowest BCUT2D eigenvalue weighted by atomic mass is 10.3. The van der Waals surface area contributed by atoms with Crippen LogP contribution in [0.3, 0.4) is 0 Å². The molecule has 0 N–H and O–H groups in total. The molecule has 0 aromatic carbocycles. The summed E-state index contributed by atoms with van der Waals surface area (Å²) in [6.45, 7) is 5.30. The molecule has 0 radical (unpaired) electrons. The van der Waals surface area contributed by atoms with E-state index in [0.29, 0.717) is 5.88 Å². The van der Waals surface area contributed by atoms with Gasteiger partial charge in [0.25, 0.3) is 0 Å². The topological polar surface area (TPSA) is 42.7 Å². The van der Waals surface area contributed by atoms with Crippen molar-refractivity contribution in [2.75, 3.05) is 19.6 Å². The molecule has 7 heteroatoms. The van der Waals surface area contributed by atoms with Crippen molar-refractivity contribution in [1.82, 2.24) is 19.5 Å². The number of likely N-dealkylation sites (tertiary alicyclic amines) is 1. The van der Waals surface area contributed by atoms with Gasteiger partial charge in [0.15, 0.2) is 5.65 Å². The Morgan fingerprint density at radius 2 is 2.26 bits per heavy atom. The Morgan fingerprint density at radius 3 is 3.00 bits per heavy atom. The van der Waals surface area contributed by atoms with E-state index in [2.05, 4.69) is 21.9 Å². The quantitative estimate of drug-likeness (QED) is 0.722. The highest BCUT2D eigenvalue weighted by Gasteiger charge is 2.23. The summed E-state index contributed by atoms with van der Waals surface area (Å²) in [4.78, 5) is 7.84. The monoisotopic (exact) mass is 348 g/mol. The Hall–Kier alpha value is -1.63. The third kappa shape index (κ3) is 2.94. The van der Waals surface area contributed by atoms with Crippen LogP contribution in [0.25, 0.3) is 16.2 Å². The molecule has 1 fully saturated rings. The summed E-state index contributed by atoms with van der Waals surface area (Å²) in [7, 11) is 0. The second-order valence-corrected chi connectivity index (χ2v) is 7.33. The third-order valence-electron chi connectivity index (χ3n) is 4.13. The van der Waals surface area contributed by atoms with E-state index in [-0.39, 0.29) is 6.10 Å². The number of aromatic nitrogens is 3. The van der Waals surface area contributed by atoms with Gasteiger partial charge in [0.05, 0.1) is 15.4 Å². The smallest absolute Gasteiger partial charge is 0.232 e. The van der Waals surface area contributed by atoms with Crippen molar-refractivity contribution in [2.45, 2.75) is 19.4 Å². The zero-order valence-corrected chi connectivity index (χ0v) is 14.3. The Bertz CT molecular complexity index is 830. The van der Waals surface area contributed by atoms with Gasteiger partial charge in [0.2, 0.25) is 5.88 Å². The molecule has 1 saturated heterocycles. The maximum Gasteiger partial charge on any atom is 0.232 e. The van der Waals surface area contributed by atoms with E-state index in [1.165, 1.54) is 11.3 Å². The van der Waals surface area contributed by atoms with Crippen LogP contribution >= 0.6 is 22.9 Å². The predicted octanol–water partition coefficient (Wildman–Crippen LogP) is 3.58. The standard InChI is InChI=1S/C16H17ClN4OS/c1-2-20-8-7-11(10-20)22-16-6-5-15-18-9-12(21(15)19-16)13-3-4-14(17)23-13/h3-6,9,11H,2,7-8,10H2,1H3. The number of hydrogen-bond acceptors (Lipinski definition) is 5. The molecule has 0 saturated carbocycles. The number of halogens is 1. The Balaban J connectivity index is 1.62. The minimum atomic E-state index is 0.211. The Morgan fingerprint density at radius 1 is 1.35 bits per heavy atom. The first-order valence-electron chi connectivity index (χ1n) is 7.72.